The van der Waals surface area contributed by atoms with E-state index in [0.29, 0.717) is 11.4 Å². The Morgan fingerprint density at radius 1 is 1.18 bits per heavy atom. The van der Waals surface area contributed by atoms with Crippen molar-refractivity contribution in [3.05, 3.63) is 71.1 Å². The van der Waals surface area contributed by atoms with Gasteiger partial charge in [0.1, 0.15) is 0 Å². The molecule has 0 aliphatic carbocycles. The van der Waals surface area contributed by atoms with E-state index in [9.17, 15) is 4.79 Å². The van der Waals surface area contributed by atoms with Gasteiger partial charge in [-0.05, 0) is 25.1 Å². The molecule has 0 aromatic heterocycles. The van der Waals surface area contributed by atoms with Crippen LogP contribution in [-0.4, -0.2) is 12.5 Å². The van der Waals surface area contributed by atoms with Crippen LogP contribution < -0.4 is 4.90 Å². The number of aryl methyl sites for hydroxylation is 1. The highest BCUT2D eigenvalue weighted by molar-refractivity contribution is 5.95. The average molecular weight is 288 g/mol. The average Bonchev–Trinajstić information content (AvgIpc) is 2.53. The lowest BCUT2D eigenvalue weighted by Crippen LogP contribution is -2.28. The molecule has 0 N–H and O–H groups in total. The van der Waals surface area contributed by atoms with E-state index in [4.69, 9.17) is 6.57 Å². The van der Waals surface area contributed by atoms with Crippen molar-refractivity contribution in [2.75, 3.05) is 11.4 Å². The van der Waals surface area contributed by atoms with Crippen LogP contribution in [-0.2, 0) is 4.79 Å². The number of anilines is 1. The van der Waals surface area contributed by atoms with E-state index in [-0.39, 0.29) is 12.5 Å². The van der Waals surface area contributed by atoms with Crippen LogP contribution in [0.2, 0.25) is 0 Å². The second-order valence-electron chi connectivity index (χ2n) is 4.87. The van der Waals surface area contributed by atoms with Gasteiger partial charge < -0.3 is 4.90 Å². The molecule has 1 amide bonds. The maximum atomic E-state index is 11.9. The standard InChI is InChI=1S/C19H16N2O/c1-15-10-12-17(13-11-15)7-6-14-21(16(2)22)19-9-5-4-8-18(19)20-3/h4-5,8-13H,14H2,1-2H3. The third-order valence-corrected chi connectivity index (χ3v) is 3.19. The van der Waals surface area contributed by atoms with Crippen LogP contribution in [0.25, 0.3) is 4.85 Å². The number of amides is 1. The zero-order chi connectivity index (χ0) is 15.9. The number of benzene rings is 2. The summed E-state index contributed by atoms with van der Waals surface area (Å²) < 4.78 is 0. The van der Waals surface area contributed by atoms with Gasteiger partial charge in [0.25, 0.3) is 0 Å². The molecule has 0 aliphatic rings. The molecule has 22 heavy (non-hydrogen) atoms. The molecule has 0 spiro atoms. The molecule has 0 aliphatic heterocycles. The molecular formula is C19H16N2O. The fourth-order valence-corrected chi connectivity index (χ4v) is 2.01. The highest BCUT2D eigenvalue weighted by atomic mass is 16.2. The molecule has 3 heteroatoms. The number of nitrogens with zero attached hydrogens (tertiary/aromatic N) is 2. The Morgan fingerprint density at radius 3 is 2.50 bits per heavy atom. The summed E-state index contributed by atoms with van der Waals surface area (Å²) in [6, 6.07) is 15.0. The van der Waals surface area contributed by atoms with Gasteiger partial charge in [0, 0.05) is 12.5 Å². The molecular weight excluding hydrogens is 272 g/mol. The Bertz CT molecular complexity index is 774. The maximum absolute atomic E-state index is 11.9. The van der Waals surface area contributed by atoms with Gasteiger partial charge in [-0.3, -0.25) is 4.79 Å². The normalized spacial score (nSPS) is 9.32. The van der Waals surface area contributed by atoms with Crippen LogP contribution in [0.4, 0.5) is 11.4 Å². The van der Waals surface area contributed by atoms with E-state index in [0.717, 1.165) is 5.56 Å². The number of hydrogen-bond donors (Lipinski definition) is 0. The van der Waals surface area contributed by atoms with Gasteiger partial charge in [0.2, 0.25) is 11.6 Å². The molecule has 0 atom stereocenters. The summed E-state index contributed by atoms with van der Waals surface area (Å²) in [7, 11) is 0. The van der Waals surface area contributed by atoms with Gasteiger partial charge in [-0.25, -0.2) is 4.85 Å². The van der Waals surface area contributed by atoms with E-state index in [1.165, 1.54) is 17.4 Å². The minimum atomic E-state index is -0.130. The van der Waals surface area contributed by atoms with Gasteiger partial charge in [0.05, 0.1) is 18.8 Å². The topological polar surface area (TPSA) is 24.7 Å². The van der Waals surface area contributed by atoms with E-state index in [1.54, 1.807) is 18.2 Å². The number of hydrogen-bond acceptors (Lipinski definition) is 1. The van der Waals surface area contributed by atoms with Crippen molar-refractivity contribution < 1.29 is 4.79 Å². The van der Waals surface area contributed by atoms with E-state index in [2.05, 4.69) is 16.7 Å². The smallest absolute Gasteiger partial charge is 0.223 e. The van der Waals surface area contributed by atoms with Gasteiger partial charge in [0.15, 0.2) is 0 Å². The van der Waals surface area contributed by atoms with E-state index in [1.807, 2.05) is 37.3 Å². The Morgan fingerprint density at radius 2 is 1.86 bits per heavy atom. The van der Waals surface area contributed by atoms with Gasteiger partial charge >= 0.3 is 0 Å². The quantitative estimate of drug-likeness (QED) is 0.606. The molecule has 0 saturated heterocycles. The third kappa shape index (κ3) is 3.75. The van der Waals surface area contributed by atoms with Crippen molar-refractivity contribution >= 4 is 17.3 Å². The molecule has 2 rings (SSSR count). The first kappa shape index (κ1) is 15.4. The first-order valence-corrected chi connectivity index (χ1v) is 6.92. The van der Waals surface area contributed by atoms with Crippen LogP contribution in [0.3, 0.4) is 0 Å². The second kappa shape index (κ2) is 7.11. The second-order valence-corrected chi connectivity index (χ2v) is 4.87. The van der Waals surface area contributed by atoms with Crippen LogP contribution in [0.15, 0.2) is 48.5 Å². The molecule has 0 saturated carbocycles. The molecule has 0 fully saturated rings. The van der Waals surface area contributed by atoms with Crippen molar-refractivity contribution in [3.63, 3.8) is 0 Å². The van der Waals surface area contributed by atoms with Gasteiger partial charge in [-0.2, -0.15) is 0 Å². The summed E-state index contributed by atoms with van der Waals surface area (Å²) in [5, 5.41) is 0. The van der Waals surface area contributed by atoms with Crippen LogP contribution in [0.1, 0.15) is 18.1 Å². The molecule has 0 radical (unpaired) electrons. The van der Waals surface area contributed by atoms with Crippen molar-refractivity contribution in [1.29, 1.82) is 0 Å². The predicted octanol–water partition coefficient (Wildman–Crippen LogP) is 3.95. The molecule has 2 aromatic carbocycles. The minimum Gasteiger partial charge on any atom is -0.311 e. The fourth-order valence-electron chi connectivity index (χ4n) is 2.01. The Labute approximate surface area is 131 Å². The highest BCUT2D eigenvalue weighted by Crippen LogP contribution is 2.28. The SMILES string of the molecule is [C-]#[N+]c1ccccc1N(CC#Cc1ccc(C)cc1)C(C)=O. The molecule has 2 aromatic rings. The van der Waals surface area contributed by atoms with Crippen molar-refractivity contribution in [1.82, 2.24) is 0 Å². The lowest BCUT2D eigenvalue weighted by molar-refractivity contribution is -0.116. The van der Waals surface area contributed by atoms with Gasteiger partial charge in [-0.1, -0.05) is 47.7 Å². The van der Waals surface area contributed by atoms with Crippen LogP contribution in [0.5, 0.6) is 0 Å². The largest absolute Gasteiger partial charge is 0.311 e. The zero-order valence-corrected chi connectivity index (χ0v) is 12.6. The lowest BCUT2D eigenvalue weighted by atomic mass is 10.1. The molecule has 0 unspecified atom stereocenters. The summed E-state index contributed by atoms with van der Waals surface area (Å²) in [5.41, 5.74) is 3.15. The summed E-state index contributed by atoms with van der Waals surface area (Å²) in [4.78, 5) is 16.8. The van der Waals surface area contributed by atoms with Crippen molar-refractivity contribution in [2.24, 2.45) is 0 Å². The summed E-state index contributed by atoms with van der Waals surface area (Å²) in [6.07, 6.45) is 0. The van der Waals surface area contributed by atoms with Crippen LogP contribution >= 0.6 is 0 Å². The fraction of sp³-hybridized carbons (Fsp3) is 0.158. The summed E-state index contributed by atoms with van der Waals surface area (Å²) in [5.74, 6) is 5.92. The highest BCUT2D eigenvalue weighted by Gasteiger charge is 2.13. The Kier molecular flexibility index (Phi) is 4.96. The molecule has 108 valence electrons. The van der Waals surface area contributed by atoms with Gasteiger partial charge in [-0.15, -0.1) is 0 Å². The molecule has 3 nitrogen and oxygen atoms in total. The Balaban J connectivity index is 2.23. The maximum Gasteiger partial charge on any atom is 0.223 e. The van der Waals surface area contributed by atoms with E-state index >= 15 is 0 Å². The van der Waals surface area contributed by atoms with Crippen molar-refractivity contribution in [2.45, 2.75) is 13.8 Å². The van der Waals surface area contributed by atoms with E-state index < -0.39 is 0 Å². The van der Waals surface area contributed by atoms with Crippen LogP contribution in [0, 0.1) is 25.3 Å². The minimum absolute atomic E-state index is 0.130. The third-order valence-electron chi connectivity index (χ3n) is 3.19. The number of rotatable bonds is 2. The number of carbonyl (C=O) groups is 1. The molecule has 0 bridgehead atoms. The van der Waals surface area contributed by atoms with Crippen molar-refractivity contribution in [3.8, 4) is 11.8 Å². The summed E-state index contributed by atoms with van der Waals surface area (Å²) >= 11 is 0. The zero-order valence-electron chi connectivity index (χ0n) is 12.6. The Hall–Kier alpha value is -3.04. The summed E-state index contributed by atoms with van der Waals surface area (Å²) in [6.45, 7) is 11.0. The number of para-hydroxylation sites is 2. The number of carbonyl (C=O) groups excluding carboxylic acids is 1. The molecule has 0 heterocycles. The first-order chi connectivity index (χ1) is 10.6. The predicted molar refractivity (Wildman–Crippen MR) is 88.8 cm³/mol. The monoisotopic (exact) mass is 288 g/mol. The lowest BCUT2D eigenvalue weighted by Gasteiger charge is -2.19. The first-order valence-electron chi connectivity index (χ1n) is 6.92.